The minimum Gasteiger partial charge on any atom is -0.281 e. The molecule has 3 nitrogen and oxygen atoms in total. The first-order chi connectivity index (χ1) is 6.97. The van der Waals surface area contributed by atoms with Gasteiger partial charge in [-0.25, -0.2) is 0 Å². The molecule has 1 aliphatic heterocycles. The molecule has 1 saturated heterocycles. The van der Waals surface area contributed by atoms with Gasteiger partial charge in [0.05, 0.1) is 4.83 Å². The van der Waals surface area contributed by atoms with Crippen molar-refractivity contribution in [1.82, 2.24) is 4.90 Å². The molecule has 0 aliphatic carbocycles. The van der Waals surface area contributed by atoms with E-state index in [1.54, 1.807) is 0 Å². The molecule has 0 aromatic heterocycles. The fraction of sp³-hybridized carbons (Fsp3) is 0.818. The third-order valence-corrected chi connectivity index (χ3v) is 4.03. The summed E-state index contributed by atoms with van der Waals surface area (Å²) in [5.74, 6) is 0.697. The maximum atomic E-state index is 11.8. The Balaban J connectivity index is 2.65. The number of imide groups is 1. The molecule has 15 heavy (non-hydrogen) atoms. The average Bonchev–Trinajstić information content (AvgIpc) is 2.58. The molecule has 2 atom stereocenters. The van der Waals surface area contributed by atoms with Gasteiger partial charge in [0.2, 0.25) is 11.8 Å². The van der Waals surface area contributed by atoms with Crippen LogP contribution in [0.25, 0.3) is 0 Å². The lowest BCUT2D eigenvalue weighted by molar-refractivity contribution is -0.141. The summed E-state index contributed by atoms with van der Waals surface area (Å²) in [7, 11) is 0. The van der Waals surface area contributed by atoms with Crippen LogP contribution in [0, 0.1) is 11.8 Å². The number of nitrogens with zero attached hydrogens (tertiary/aromatic N) is 1. The fourth-order valence-corrected chi connectivity index (χ4v) is 1.99. The summed E-state index contributed by atoms with van der Waals surface area (Å²) in [5.41, 5.74) is 0. The second kappa shape index (κ2) is 5.10. The Hall–Kier alpha value is -0.380. The lowest BCUT2D eigenvalue weighted by Crippen LogP contribution is -2.37. The van der Waals surface area contributed by atoms with Crippen LogP contribution in [-0.4, -0.2) is 28.1 Å². The highest BCUT2D eigenvalue weighted by molar-refractivity contribution is 9.10. The van der Waals surface area contributed by atoms with Crippen molar-refractivity contribution in [2.24, 2.45) is 11.8 Å². The second-order valence-corrected chi connectivity index (χ2v) is 5.53. The predicted octanol–water partition coefficient (Wildman–Crippen LogP) is 2.19. The second-order valence-electron chi connectivity index (χ2n) is 4.43. The number of hydrogen-bond acceptors (Lipinski definition) is 2. The van der Waals surface area contributed by atoms with Gasteiger partial charge in [-0.15, -0.1) is 0 Å². The molecule has 4 heteroatoms. The highest BCUT2D eigenvalue weighted by Gasteiger charge is 2.36. The van der Waals surface area contributed by atoms with Gasteiger partial charge in [-0.2, -0.15) is 0 Å². The minimum absolute atomic E-state index is 0.0170. The van der Waals surface area contributed by atoms with E-state index in [1.165, 1.54) is 4.90 Å². The number of amides is 2. The molecule has 0 aromatic rings. The van der Waals surface area contributed by atoms with Gasteiger partial charge in [-0.1, -0.05) is 36.7 Å². The Morgan fingerprint density at radius 1 is 1.60 bits per heavy atom. The standard InChI is InChI=1S/C11H18BrNO2/c1-4-9(12)11(15)13-6-8(7(2)3)5-10(13)14/h7-9H,4-6H2,1-3H3. The molecule has 0 spiro atoms. The SMILES string of the molecule is CCC(Br)C(=O)N1CC(C(C)C)CC1=O. The largest absolute Gasteiger partial charge is 0.281 e. The first kappa shape index (κ1) is 12.7. The summed E-state index contributed by atoms with van der Waals surface area (Å²) in [4.78, 5) is 24.6. The van der Waals surface area contributed by atoms with Crippen LogP contribution in [0.4, 0.5) is 0 Å². The van der Waals surface area contributed by atoms with Crippen molar-refractivity contribution in [1.29, 1.82) is 0 Å². The molecule has 0 radical (unpaired) electrons. The maximum absolute atomic E-state index is 11.8. The highest BCUT2D eigenvalue weighted by atomic mass is 79.9. The predicted molar refractivity (Wildman–Crippen MR) is 62.7 cm³/mol. The summed E-state index contributed by atoms with van der Waals surface area (Å²) in [6.45, 7) is 6.71. The van der Waals surface area contributed by atoms with Crippen LogP contribution in [0.1, 0.15) is 33.6 Å². The zero-order chi connectivity index (χ0) is 11.6. The molecule has 2 amide bonds. The number of alkyl halides is 1. The maximum Gasteiger partial charge on any atom is 0.242 e. The number of likely N-dealkylation sites (tertiary alicyclic amines) is 1. The Morgan fingerprint density at radius 2 is 2.20 bits per heavy atom. The number of hydrogen-bond donors (Lipinski definition) is 0. The van der Waals surface area contributed by atoms with Crippen molar-refractivity contribution in [3.05, 3.63) is 0 Å². The Kier molecular flexibility index (Phi) is 4.32. The van der Waals surface area contributed by atoms with Crippen molar-refractivity contribution in [3.8, 4) is 0 Å². The number of carbonyl (C=O) groups is 2. The zero-order valence-electron chi connectivity index (χ0n) is 9.50. The lowest BCUT2D eigenvalue weighted by Gasteiger charge is -2.18. The van der Waals surface area contributed by atoms with E-state index in [1.807, 2.05) is 6.92 Å². The van der Waals surface area contributed by atoms with Crippen LogP contribution in [0.5, 0.6) is 0 Å². The third-order valence-electron chi connectivity index (χ3n) is 2.99. The monoisotopic (exact) mass is 275 g/mol. The van der Waals surface area contributed by atoms with Crippen LogP contribution in [-0.2, 0) is 9.59 Å². The van der Waals surface area contributed by atoms with E-state index >= 15 is 0 Å². The molecule has 1 heterocycles. The van der Waals surface area contributed by atoms with E-state index in [4.69, 9.17) is 0 Å². The number of rotatable bonds is 3. The zero-order valence-corrected chi connectivity index (χ0v) is 11.1. The van der Waals surface area contributed by atoms with Gasteiger partial charge < -0.3 is 0 Å². The third kappa shape index (κ3) is 2.80. The number of halogens is 1. The number of carbonyl (C=O) groups excluding carboxylic acids is 2. The van der Waals surface area contributed by atoms with Gasteiger partial charge in [-0.05, 0) is 18.3 Å². The van der Waals surface area contributed by atoms with E-state index < -0.39 is 0 Å². The van der Waals surface area contributed by atoms with E-state index in [-0.39, 0.29) is 16.6 Å². The molecular weight excluding hydrogens is 258 g/mol. The quantitative estimate of drug-likeness (QED) is 0.741. The smallest absolute Gasteiger partial charge is 0.242 e. The molecule has 1 fully saturated rings. The van der Waals surface area contributed by atoms with Gasteiger partial charge >= 0.3 is 0 Å². The van der Waals surface area contributed by atoms with Crippen LogP contribution < -0.4 is 0 Å². The van der Waals surface area contributed by atoms with Gasteiger partial charge in [-0.3, -0.25) is 14.5 Å². The van der Waals surface area contributed by atoms with Crippen molar-refractivity contribution in [3.63, 3.8) is 0 Å². The molecule has 0 bridgehead atoms. The van der Waals surface area contributed by atoms with Gasteiger partial charge in [0.25, 0.3) is 0 Å². The van der Waals surface area contributed by atoms with Crippen molar-refractivity contribution in [2.45, 2.75) is 38.4 Å². The summed E-state index contributed by atoms with van der Waals surface area (Å²) in [5, 5.41) is 0. The summed E-state index contributed by atoms with van der Waals surface area (Å²) in [6, 6.07) is 0. The van der Waals surface area contributed by atoms with Crippen molar-refractivity contribution in [2.75, 3.05) is 6.54 Å². The molecule has 0 saturated carbocycles. The van der Waals surface area contributed by atoms with Crippen LogP contribution in [0.2, 0.25) is 0 Å². The molecule has 0 aromatic carbocycles. The molecular formula is C11H18BrNO2. The summed E-state index contributed by atoms with van der Waals surface area (Å²) < 4.78 is 0. The van der Waals surface area contributed by atoms with Crippen LogP contribution in [0.15, 0.2) is 0 Å². The van der Waals surface area contributed by atoms with Gasteiger partial charge in [0, 0.05) is 13.0 Å². The molecule has 1 rings (SSSR count). The van der Waals surface area contributed by atoms with E-state index in [0.717, 1.165) is 6.42 Å². The van der Waals surface area contributed by atoms with Gasteiger partial charge in [0.15, 0.2) is 0 Å². The summed E-state index contributed by atoms with van der Waals surface area (Å²) in [6.07, 6.45) is 1.24. The fourth-order valence-electron chi connectivity index (χ4n) is 1.74. The first-order valence-corrected chi connectivity index (χ1v) is 6.37. The Morgan fingerprint density at radius 3 is 2.60 bits per heavy atom. The molecule has 0 N–H and O–H groups in total. The van der Waals surface area contributed by atoms with Crippen molar-refractivity contribution >= 4 is 27.7 Å². The van der Waals surface area contributed by atoms with E-state index in [9.17, 15) is 9.59 Å². The van der Waals surface area contributed by atoms with Crippen LogP contribution in [0.3, 0.4) is 0 Å². The molecule has 2 unspecified atom stereocenters. The average molecular weight is 276 g/mol. The van der Waals surface area contributed by atoms with Crippen LogP contribution >= 0.6 is 15.9 Å². The van der Waals surface area contributed by atoms with Crippen molar-refractivity contribution < 1.29 is 9.59 Å². The van der Waals surface area contributed by atoms with E-state index in [2.05, 4.69) is 29.8 Å². The normalized spacial score (nSPS) is 23.7. The molecule has 1 aliphatic rings. The molecule has 86 valence electrons. The highest BCUT2D eigenvalue weighted by Crippen LogP contribution is 2.26. The van der Waals surface area contributed by atoms with Gasteiger partial charge in [0.1, 0.15) is 0 Å². The summed E-state index contributed by atoms with van der Waals surface area (Å²) >= 11 is 3.29. The lowest BCUT2D eigenvalue weighted by atomic mass is 9.95. The van der Waals surface area contributed by atoms with E-state index in [0.29, 0.717) is 24.8 Å². The minimum atomic E-state index is -0.215. The topological polar surface area (TPSA) is 37.4 Å². The first-order valence-electron chi connectivity index (χ1n) is 5.45. The Labute approximate surface area is 99.3 Å². The Bertz CT molecular complexity index is 265.